The van der Waals surface area contributed by atoms with Crippen LogP contribution in [0.4, 0.5) is 61.5 Å². The van der Waals surface area contributed by atoms with E-state index in [1.165, 1.54) is 0 Å². The van der Waals surface area contributed by atoms with Crippen molar-refractivity contribution in [3.05, 3.63) is 24.6 Å². The monoisotopic (exact) mass is 504 g/mol. The van der Waals surface area contributed by atoms with E-state index < -0.39 is 60.7 Å². The first kappa shape index (κ1) is 29.4. The van der Waals surface area contributed by atoms with Gasteiger partial charge >= 0.3 is 36.0 Å². The fraction of sp³-hybridized carbons (Fsp3) is 0.571. The zero-order valence-electron chi connectivity index (χ0n) is 14.8. The normalized spacial score (nSPS) is 14.8. The number of alkyl halides is 14. The summed E-state index contributed by atoms with van der Waals surface area (Å²) < 4.78 is 174. The Morgan fingerprint density at radius 2 is 0.781 bits per heavy atom. The molecule has 0 aliphatic heterocycles. The number of hydrogen-bond donors (Lipinski definition) is 2. The van der Waals surface area contributed by atoms with E-state index in [0.29, 0.717) is 0 Å². The average molecular weight is 504 g/mol. The lowest BCUT2D eigenvalue weighted by Crippen LogP contribution is -2.55. The molecule has 0 saturated carbocycles. The van der Waals surface area contributed by atoms with E-state index in [0.717, 1.165) is 0 Å². The lowest BCUT2D eigenvalue weighted by Gasteiger charge is -2.26. The van der Waals surface area contributed by atoms with Crippen LogP contribution in [-0.4, -0.2) is 60.7 Å². The number of allylic oxidation sites excluding steroid dienone is 2. The Hall–Kier alpha value is -2.56. The Morgan fingerprint density at radius 1 is 0.531 bits per heavy atom. The molecule has 0 amide bonds. The van der Waals surface area contributed by atoms with Crippen molar-refractivity contribution in [3.63, 3.8) is 0 Å². The molecule has 0 aromatic carbocycles. The van der Waals surface area contributed by atoms with Crippen LogP contribution in [0.25, 0.3) is 0 Å². The van der Waals surface area contributed by atoms with Gasteiger partial charge in [0, 0.05) is 37.6 Å². The van der Waals surface area contributed by atoms with Gasteiger partial charge in [-0.25, -0.2) is 0 Å². The first-order valence-corrected chi connectivity index (χ1v) is 7.58. The molecule has 0 aliphatic carbocycles. The maximum Gasteiger partial charge on any atom is 0.460 e. The van der Waals surface area contributed by atoms with Crippen molar-refractivity contribution in [2.24, 2.45) is 0 Å². The van der Waals surface area contributed by atoms with Crippen molar-refractivity contribution in [1.29, 1.82) is 0 Å². The summed E-state index contributed by atoms with van der Waals surface area (Å²) in [5.41, 5.74) is 0. The van der Waals surface area contributed by atoms with E-state index >= 15 is 0 Å². The van der Waals surface area contributed by atoms with Crippen LogP contribution in [0.2, 0.25) is 0 Å². The number of hydrogen-bond acceptors (Lipinski definition) is 4. The molecule has 0 aromatic heterocycles. The van der Waals surface area contributed by atoms with E-state index in [9.17, 15) is 71.1 Å². The fourth-order valence-corrected chi connectivity index (χ4v) is 1.46. The molecule has 0 saturated heterocycles. The zero-order chi connectivity index (χ0) is 25.8. The predicted molar refractivity (Wildman–Crippen MR) is 76.2 cm³/mol. The van der Waals surface area contributed by atoms with Crippen LogP contribution < -0.4 is 10.6 Å². The minimum absolute atomic E-state index is 0.206. The molecule has 0 heterocycles. The Balaban J connectivity index is 4.69. The van der Waals surface area contributed by atoms with Crippen molar-refractivity contribution in [1.82, 2.24) is 10.6 Å². The van der Waals surface area contributed by atoms with Crippen molar-refractivity contribution < 1.29 is 71.1 Å². The molecule has 0 rings (SSSR count). The van der Waals surface area contributed by atoms with Gasteiger partial charge in [-0.2, -0.15) is 61.5 Å². The highest BCUT2D eigenvalue weighted by molar-refractivity contribution is 5.97. The average Bonchev–Trinajstić information content (AvgIpc) is 2.60. The van der Waals surface area contributed by atoms with E-state index in [4.69, 9.17) is 0 Å². The van der Waals surface area contributed by atoms with Crippen LogP contribution in [0.3, 0.4) is 0 Å². The largest absolute Gasteiger partial charge is 0.460 e. The molecule has 32 heavy (non-hydrogen) atoms. The molecule has 186 valence electrons. The highest BCUT2D eigenvalue weighted by Crippen LogP contribution is 2.48. The van der Waals surface area contributed by atoms with Crippen molar-refractivity contribution in [2.75, 3.05) is 13.1 Å². The first-order valence-electron chi connectivity index (χ1n) is 7.58. The van der Waals surface area contributed by atoms with E-state index in [-0.39, 0.29) is 24.6 Å². The summed E-state index contributed by atoms with van der Waals surface area (Å²) in [4.78, 5) is 21.8. The lowest BCUT2D eigenvalue weighted by atomic mass is 10.1. The van der Waals surface area contributed by atoms with E-state index in [2.05, 4.69) is 0 Å². The Labute approximate surface area is 168 Å². The van der Waals surface area contributed by atoms with E-state index in [1.807, 2.05) is 10.6 Å². The summed E-state index contributed by atoms with van der Waals surface area (Å²) in [5, 5.41) is 3.76. The molecule has 0 bridgehead atoms. The van der Waals surface area contributed by atoms with Gasteiger partial charge in [0.05, 0.1) is 0 Å². The summed E-state index contributed by atoms with van der Waals surface area (Å²) in [6, 6.07) is 0. The number of carbonyl (C=O) groups excluding carboxylic acids is 2. The van der Waals surface area contributed by atoms with Crippen LogP contribution in [0.15, 0.2) is 24.6 Å². The number of ketones is 2. The maximum atomic E-state index is 13.0. The molecule has 0 unspecified atom stereocenters. The first-order chi connectivity index (χ1) is 14.0. The number of rotatable bonds is 11. The maximum absolute atomic E-state index is 13.0. The van der Waals surface area contributed by atoms with Crippen LogP contribution in [0, 0.1) is 0 Å². The predicted octanol–water partition coefficient (Wildman–Crippen LogP) is 4.00. The highest BCUT2D eigenvalue weighted by Gasteiger charge is 2.76. The molecule has 0 aliphatic rings. The molecule has 0 spiro atoms. The van der Waals surface area contributed by atoms with Crippen molar-refractivity contribution in [3.8, 4) is 0 Å². The third-order valence-electron chi connectivity index (χ3n) is 3.24. The van der Waals surface area contributed by atoms with Gasteiger partial charge in [-0.15, -0.1) is 0 Å². The third kappa shape index (κ3) is 6.02. The van der Waals surface area contributed by atoms with Crippen LogP contribution >= 0.6 is 0 Å². The summed E-state index contributed by atoms with van der Waals surface area (Å²) in [6.45, 7) is -1.03. The summed E-state index contributed by atoms with van der Waals surface area (Å²) in [5.74, 6) is -31.5. The number of halogens is 14. The smallest absolute Gasteiger partial charge is 0.389 e. The third-order valence-corrected chi connectivity index (χ3v) is 3.24. The Morgan fingerprint density at radius 3 is 1.00 bits per heavy atom. The van der Waals surface area contributed by atoms with Gasteiger partial charge in [0.15, 0.2) is 0 Å². The fourth-order valence-electron chi connectivity index (χ4n) is 1.46. The van der Waals surface area contributed by atoms with Crippen LogP contribution in [0.1, 0.15) is 0 Å². The molecule has 0 atom stereocenters. The zero-order valence-corrected chi connectivity index (χ0v) is 14.8. The molecule has 0 fully saturated rings. The van der Waals surface area contributed by atoms with Crippen LogP contribution in [0.5, 0.6) is 0 Å². The Bertz CT molecular complexity index is 675. The summed E-state index contributed by atoms with van der Waals surface area (Å²) in [6.07, 6.45) is -13.8. The number of nitrogens with one attached hydrogen (secondary N) is 2. The second kappa shape index (κ2) is 9.51. The van der Waals surface area contributed by atoms with Gasteiger partial charge in [-0.05, 0) is 0 Å². The van der Waals surface area contributed by atoms with E-state index in [1.54, 1.807) is 0 Å². The highest BCUT2D eigenvalue weighted by atomic mass is 19.4. The second-order valence-corrected chi connectivity index (χ2v) is 5.60. The van der Waals surface area contributed by atoms with Gasteiger partial charge in [-0.1, -0.05) is 0 Å². The number of carbonyl (C=O) groups is 2. The molecular weight excluding hydrogens is 494 g/mol. The second-order valence-electron chi connectivity index (χ2n) is 5.60. The minimum atomic E-state index is -6.73. The van der Waals surface area contributed by atoms with Gasteiger partial charge < -0.3 is 10.6 Å². The van der Waals surface area contributed by atoms with Crippen molar-refractivity contribution >= 4 is 11.6 Å². The molecule has 18 heteroatoms. The van der Waals surface area contributed by atoms with Gasteiger partial charge in [0.25, 0.3) is 0 Å². The summed E-state index contributed by atoms with van der Waals surface area (Å²) in [7, 11) is 0. The standard InChI is InChI=1S/C14H10F14N2O2/c15-9(16,11(19,20)13(23,24)25)7(31)1-3-29-5-6-30-4-2-8(32)10(17,18)12(21,22)14(26,27)28/h1-4,29-30H,5-6H2. The van der Waals surface area contributed by atoms with Crippen molar-refractivity contribution in [2.45, 2.75) is 36.0 Å². The molecule has 0 aromatic rings. The summed E-state index contributed by atoms with van der Waals surface area (Å²) >= 11 is 0. The molecule has 4 nitrogen and oxygen atoms in total. The van der Waals surface area contributed by atoms with Gasteiger partial charge in [0.1, 0.15) is 0 Å². The Kier molecular flexibility index (Phi) is 8.75. The van der Waals surface area contributed by atoms with Gasteiger partial charge in [-0.3, -0.25) is 9.59 Å². The van der Waals surface area contributed by atoms with Gasteiger partial charge in [0.2, 0.25) is 11.6 Å². The van der Waals surface area contributed by atoms with Crippen LogP contribution in [-0.2, 0) is 9.59 Å². The molecule has 2 N–H and O–H groups in total. The lowest BCUT2D eigenvalue weighted by molar-refractivity contribution is -0.342. The molecule has 0 radical (unpaired) electrons. The SMILES string of the molecule is O=C(C=CNCCNC=CC(=O)C(F)(F)C(F)(F)C(F)(F)F)C(F)(F)C(F)(F)C(F)(F)F. The molecular formula is C14H10F14N2O2. The minimum Gasteiger partial charge on any atom is -0.389 e. The topological polar surface area (TPSA) is 58.2 Å². The quantitative estimate of drug-likeness (QED) is 0.254.